The first kappa shape index (κ1) is 17.3. The molecular weight excluding hydrogens is 312 g/mol. The third-order valence-electron chi connectivity index (χ3n) is 4.65. The van der Waals surface area contributed by atoms with E-state index in [4.69, 9.17) is 4.74 Å². The van der Waals surface area contributed by atoms with Gasteiger partial charge in [-0.15, -0.1) is 0 Å². The van der Waals surface area contributed by atoms with Gasteiger partial charge in [-0.1, -0.05) is 12.1 Å². The van der Waals surface area contributed by atoms with E-state index >= 15 is 0 Å². The topological polar surface area (TPSA) is 41.6 Å². The molecule has 25 heavy (non-hydrogen) atoms. The highest BCUT2D eigenvalue weighted by atomic mass is 16.5. The lowest BCUT2D eigenvalue weighted by atomic mass is 10.0. The molecule has 0 saturated carbocycles. The van der Waals surface area contributed by atoms with E-state index in [2.05, 4.69) is 29.3 Å². The van der Waals surface area contributed by atoms with Gasteiger partial charge in [-0.2, -0.15) is 0 Å². The Morgan fingerprint density at radius 3 is 2.72 bits per heavy atom. The number of hydrogen-bond donors (Lipinski definition) is 1. The summed E-state index contributed by atoms with van der Waals surface area (Å²) in [4.78, 5) is 14.5. The number of piperidine rings is 1. The van der Waals surface area contributed by atoms with Crippen molar-refractivity contribution < 1.29 is 9.53 Å². The number of hydrogen-bond acceptors (Lipinski definition) is 3. The average molecular weight is 338 g/mol. The fourth-order valence-corrected chi connectivity index (χ4v) is 3.27. The number of anilines is 2. The smallest absolute Gasteiger partial charge is 0.262 e. The molecular formula is C21H26N2O2. The molecule has 1 heterocycles. The van der Waals surface area contributed by atoms with Crippen molar-refractivity contribution in [1.29, 1.82) is 0 Å². The molecule has 1 fully saturated rings. The normalized spacial score (nSPS) is 17.2. The van der Waals surface area contributed by atoms with Crippen molar-refractivity contribution in [3.8, 4) is 5.75 Å². The molecule has 0 radical (unpaired) electrons. The minimum atomic E-state index is -0.152. The van der Waals surface area contributed by atoms with Crippen molar-refractivity contribution >= 4 is 17.3 Å². The van der Waals surface area contributed by atoms with E-state index in [1.165, 1.54) is 24.9 Å². The molecule has 4 nitrogen and oxygen atoms in total. The van der Waals surface area contributed by atoms with E-state index in [-0.39, 0.29) is 12.5 Å². The summed E-state index contributed by atoms with van der Waals surface area (Å²) in [5.41, 5.74) is 3.13. The van der Waals surface area contributed by atoms with E-state index in [9.17, 15) is 4.79 Å². The van der Waals surface area contributed by atoms with Gasteiger partial charge in [0.05, 0.1) is 0 Å². The summed E-state index contributed by atoms with van der Waals surface area (Å²) in [6, 6.07) is 16.4. The first-order valence-electron chi connectivity index (χ1n) is 8.98. The van der Waals surface area contributed by atoms with Gasteiger partial charge in [-0.05, 0) is 75.1 Å². The fourth-order valence-electron chi connectivity index (χ4n) is 3.27. The number of ether oxygens (including phenoxy) is 1. The van der Waals surface area contributed by atoms with Gasteiger partial charge in [-0.25, -0.2) is 0 Å². The summed E-state index contributed by atoms with van der Waals surface area (Å²) in [5, 5.41) is 2.89. The molecule has 2 aromatic rings. The lowest BCUT2D eigenvalue weighted by Crippen LogP contribution is -2.37. The maximum absolute atomic E-state index is 12.1. The summed E-state index contributed by atoms with van der Waals surface area (Å²) in [6.45, 7) is 5.39. The highest BCUT2D eigenvalue weighted by molar-refractivity contribution is 5.92. The first-order valence-corrected chi connectivity index (χ1v) is 8.98. The Kier molecular flexibility index (Phi) is 5.59. The summed E-state index contributed by atoms with van der Waals surface area (Å²) in [5.74, 6) is 0.560. The van der Waals surface area contributed by atoms with Crippen molar-refractivity contribution in [3.05, 3.63) is 54.1 Å². The molecule has 0 spiro atoms. The Balaban J connectivity index is 1.53. The predicted octanol–water partition coefficient (Wildman–Crippen LogP) is 4.39. The van der Waals surface area contributed by atoms with E-state index in [0.29, 0.717) is 11.8 Å². The van der Waals surface area contributed by atoms with Crippen LogP contribution < -0.4 is 15.0 Å². The van der Waals surface area contributed by atoms with Gasteiger partial charge in [0.25, 0.3) is 5.91 Å². The number of amides is 1. The Morgan fingerprint density at radius 1 is 1.20 bits per heavy atom. The van der Waals surface area contributed by atoms with Crippen molar-refractivity contribution in [2.45, 2.75) is 39.2 Å². The molecule has 1 N–H and O–H groups in total. The molecule has 1 aliphatic rings. The van der Waals surface area contributed by atoms with Gasteiger partial charge < -0.3 is 15.0 Å². The molecule has 0 aliphatic carbocycles. The van der Waals surface area contributed by atoms with Gasteiger partial charge in [-0.3, -0.25) is 4.79 Å². The molecule has 4 heteroatoms. The standard InChI is InChI=1S/C21H26N2O2/c1-16-6-5-8-20(14-16)25-15-21(24)22-18-9-11-19(12-10-18)23-13-4-3-7-17(23)2/h5-6,8-12,14,17H,3-4,7,13,15H2,1-2H3,(H,22,24)/t17-/m0/s1. The second-order valence-electron chi connectivity index (χ2n) is 6.74. The highest BCUT2D eigenvalue weighted by Gasteiger charge is 2.18. The van der Waals surface area contributed by atoms with E-state index in [1.54, 1.807) is 0 Å². The summed E-state index contributed by atoms with van der Waals surface area (Å²) >= 11 is 0. The first-order chi connectivity index (χ1) is 12.1. The number of carbonyl (C=O) groups is 1. The molecule has 2 aromatic carbocycles. The Hall–Kier alpha value is -2.49. The maximum atomic E-state index is 12.1. The van der Waals surface area contributed by atoms with Crippen molar-refractivity contribution in [2.24, 2.45) is 0 Å². The van der Waals surface area contributed by atoms with Gasteiger partial charge in [0.1, 0.15) is 5.75 Å². The van der Waals surface area contributed by atoms with Gasteiger partial charge in [0, 0.05) is 24.0 Å². The van der Waals surface area contributed by atoms with Crippen LogP contribution in [0.1, 0.15) is 31.7 Å². The number of nitrogens with zero attached hydrogens (tertiary/aromatic N) is 1. The van der Waals surface area contributed by atoms with Crippen LogP contribution in [0.15, 0.2) is 48.5 Å². The summed E-state index contributed by atoms with van der Waals surface area (Å²) in [6.07, 6.45) is 3.81. The second kappa shape index (κ2) is 8.06. The molecule has 3 rings (SSSR count). The number of benzene rings is 2. The molecule has 0 bridgehead atoms. The predicted molar refractivity (Wildman–Crippen MR) is 102 cm³/mol. The van der Waals surface area contributed by atoms with Crippen molar-refractivity contribution in [1.82, 2.24) is 0 Å². The van der Waals surface area contributed by atoms with Crippen molar-refractivity contribution in [3.63, 3.8) is 0 Å². The molecule has 1 saturated heterocycles. The van der Waals surface area contributed by atoms with Crippen molar-refractivity contribution in [2.75, 3.05) is 23.4 Å². The average Bonchev–Trinajstić information content (AvgIpc) is 2.61. The SMILES string of the molecule is Cc1cccc(OCC(=O)Nc2ccc(N3CCCC[C@@H]3C)cc2)c1. The lowest BCUT2D eigenvalue weighted by Gasteiger charge is -2.35. The quantitative estimate of drug-likeness (QED) is 0.879. The number of rotatable bonds is 5. The summed E-state index contributed by atoms with van der Waals surface area (Å²) in [7, 11) is 0. The van der Waals surface area contributed by atoms with E-state index in [0.717, 1.165) is 17.8 Å². The van der Waals surface area contributed by atoms with Crippen LogP contribution in [0.2, 0.25) is 0 Å². The zero-order valence-electron chi connectivity index (χ0n) is 15.0. The van der Waals surface area contributed by atoms with Crippen LogP contribution >= 0.6 is 0 Å². The second-order valence-corrected chi connectivity index (χ2v) is 6.74. The third-order valence-corrected chi connectivity index (χ3v) is 4.65. The third kappa shape index (κ3) is 4.75. The van der Waals surface area contributed by atoms with Crippen LogP contribution in [0.5, 0.6) is 5.75 Å². The monoisotopic (exact) mass is 338 g/mol. The summed E-state index contributed by atoms with van der Waals surface area (Å²) < 4.78 is 5.53. The van der Waals surface area contributed by atoms with Crippen LogP contribution in [0.3, 0.4) is 0 Å². The Morgan fingerprint density at radius 2 is 2.00 bits per heavy atom. The number of nitrogens with one attached hydrogen (secondary N) is 1. The lowest BCUT2D eigenvalue weighted by molar-refractivity contribution is -0.118. The van der Waals surface area contributed by atoms with Crippen LogP contribution in [0.25, 0.3) is 0 Å². The minimum Gasteiger partial charge on any atom is -0.484 e. The minimum absolute atomic E-state index is 0.00830. The van der Waals surface area contributed by atoms with E-state index in [1.807, 2.05) is 43.3 Å². The number of carbonyl (C=O) groups excluding carboxylic acids is 1. The Labute approximate surface area is 149 Å². The molecule has 0 unspecified atom stereocenters. The molecule has 1 aliphatic heterocycles. The highest BCUT2D eigenvalue weighted by Crippen LogP contribution is 2.25. The zero-order chi connectivity index (χ0) is 17.6. The molecule has 1 atom stereocenters. The molecule has 0 aromatic heterocycles. The van der Waals surface area contributed by atoms with Gasteiger partial charge >= 0.3 is 0 Å². The van der Waals surface area contributed by atoms with Crippen LogP contribution in [-0.4, -0.2) is 25.1 Å². The van der Waals surface area contributed by atoms with Crippen LogP contribution in [-0.2, 0) is 4.79 Å². The van der Waals surface area contributed by atoms with Crippen LogP contribution in [0.4, 0.5) is 11.4 Å². The van der Waals surface area contributed by atoms with E-state index < -0.39 is 0 Å². The molecule has 132 valence electrons. The number of aryl methyl sites for hydroxylation is 1. The zero-order valence-corrected chi connectivity index (χ0v) is 15.0. The van der Waals surface area contributed by atoms with Gasteiger partial charge in [0.15, 0.2) is 6.61 Å². The maximum Gasteiger partial charge on any atom is 0.262 e. The molecule has 1 amide bonds. The van der Waals surface area contributed by atoms with Gasteiger partial charge in [0.2, 0.25) is 0 Å². The fraction of sp³-hybridized carbons (Fsp3) is 0.381. The van der Waals surface area contributed by atoms with Crippen LogP contribution in [0, 0.1) is 6.92 Å². The Bertz CT molecular complexity index is 712. The largest absolute Gasteiger partial charge is 0.484 e.